The van der Waals surface area contributed by atoms with Crippen molar-refractivity contribution in [2.45, 2.75) is 25.0 Å². The molecule has 26 heavy (non-hydrogen) atoms. The van der Waals surface area contributed by atoms with Gasteiger partial charge in [-0.15, -0.1) is 0 Å². The number of benzene rings is 1. The SMILES string of the molecule is COC1CC(NC(=O)c2nc(-n3ccnc3)cc3c(C#N)cccc23)C1. The Morgan fingerprint density at radius 2 is 2.23 bits per heavy atom. The lowest BCUT2D eigenvalue weighted by molar-refractivity contribution is 0.0175. The van der Waals surface area contributed by atoms with Gasteiger partial charge in [-0.25, -0.2) is 9.97 Å². The molecule has 1 aliphatic rings. The summed E-state index contributed by atoms with van der Waals surface area (Å²) in [5, 5.41) is 13.8. The van der Waals surface area contributed by atoms with Crippen molar-refractivity contribution in [3.05, 3.63) is 54.2 Å². The first-order chi connectivity index (χ1) is 12.7. The third kappa shape index (κ3) is 2.80. The van der Waals surface area contributed by atoms with Crippen molar-refractivity contribution in [3.63, 3.8) is 0 Å². The van der Waals surface area contributed by atoms with Crippen molar-refractivity contribution >= 4 is 16.7 Å². The van der Waals surface area contributed by atoms with Crippen LogP contribution in [0.4, 0.5) is 0 Å². The summed E-state index contributed by atoms with van der Waals surface area (Å²) < 4.78 is 6.98. The molecule has 7 nitrogen and oxygen atoms in total. The minimum absolute atomic E-state index is 0.0837. The fourth-order valence-electron chi connectivity index (χ4n) is 3.19. The lowest BCUT2D eigenvalue weighted by atomic mass is 9.89. The minimum atomic E-state index is -0.244. The molecular formula is C19H17N5O2. The zero-order chi connectivity index (χ0) is 18.1. The van der Waals surface area contributed by atoms with Crippen LogP contribution in [0.2, 0.25) is 0 Å². The van der Waals surface area contributed by atoms with E-state index in [1.165, 1.54) is 0 Å². The Balaban J connectivity index is 1.77. The number of aromatic nitrogens is 3. The van der Waals surface area contributed by atoms with Gasteiger partial charge in [0.1, 0.15) is 17.8 Å². The van der Waals surface area contributed by atoms with Gasteiger partial charge in [0, 0.05) is 36.3 Å². The Kier molecular flexibility index (Phi) is 4.11. The predicted octanol–water partition coefficient (Wildman–Crippen LogP) is 2.20. The van der Waals surface area contributed by atoms with Gasteiger partial charge in [0.2, 0.25) is 0 Å². The van der Waals surface area contributed by atoms with E-state index in [4.69, 9.17) is 4.74 Å². The van der Waals surface area contributed by atoms with Gasteiger partial charge in [0.05, 0.1) is 17.7 Å². The van der Waals surface area contributed by atoms with Gasteiger partial charge >= 0.3 is 0 Å². The number of carbonyl (C=O) groups is 1. The molecule has 1 aromatic carbocycles. The molecule has 0 unspecified atom stereocenters. The number of nitrogens with zero attached hydrogens (tertiary/aromatic N) is 4. The second-order valence-corrected chi connectivity index (χ2v) is 6.31. The molecule has 1 saturated carbocycles. The molecule has 130 valence electrons. The maximum Gasteiger partial charge on any atom is 0.270 e. The molecule has 1 fully saturated rings. The quantitative estimate of drug-likeness (QED) is 0.781. The molecule has 0 bridgehead atoms. The van der Waals surface area contributed by atoms with Crippen LogP contribution in [0.15, 0.2) is 43.0 Å². The van der Waals surface area contributed by atoms with Crippen molar-refractivity contribution in [3.8, 4) is 11.9 Å². The maximum absolute atomic E-state index is 12.9. The maximum atomic E-state index is 12.9. The minimum Gasteiger partial charge on any atom is -0.381 e. The number of hydrogen-bond acceptors (Lipinski definition) is 5. The van der Waals surface area contributed by atoms with E-state index in [2.05, 4.69) is 21.4 Å². The van der Waals surface area contributed by atoms with E-state index in [0.717, 1.165) is 12.8 Å². The number of nitrogens with one attached hydrogen (secondary N) is 1. The van der Waals surface area contributed by atoms with Gasteiger partial charge in [0.25, 0.3) is 5.91 Å². The largest absolute Gasteiger partial charge is 0.381 e. The van der Waals surface area contributed by atoms with Gasteiger partial charge < -0.3 is 10.1 Å². The van der Waals surface area contributed by atoms with Gasteiger partial charge in [-0.05, 0) is 25.0 Å². The van der Waals surface area contributed by atoms with E-state index < -0.39 is 0 Å². The Morgan fingerprint density at radius 3 is 2.92 bits per heavy atom. The number of carbonyl (C=O) groups excluding carboxylic acids is 1. The first kappa shape index (κ1) is 16.2. The summed E-state index contributed by atoms with van der Waals surface area (Å²) in [6, 6.07) is 9.38. The van der Waals surface area contributed by atoms with Crippen LogP contribution in [0, 0.1) is 11.3 Å². The molecular weight excluding hydrogens is 330 g/mol. The highest BCUT2D eigenvalue weighted by molar-refractivity contribution is 6.07. The van der Waals surface area contributed by atoms with Crippen LogP contribution in [0.1, 0.15) is 28.9 Å². The molecule has 1 amide bonds. The summed E-state index contributed by atoms with van der Waals surface area (Å²) in [6.45, 7) is 0. The molecule has 0 spiro atoms. The topological polar surface area (TPSA) is 92.8 Å². The fourth-order valence-corrected chi connectivity index (χ4v) is 3.19. The van der Waals surface area contributed by atoms with E-state index in [-0.39, 0.29) is 18.1 Å². The molecule has 2 heterocycles. The second-order valence-electron chi connectivity index (χ2n) is 6.31. The summed E-state index contributed by atoms with van der Waals surface area (Å²) in [4.78, 5) is 21.4. The van der Waals surface area contributed by atoms with Crippen LogP contribution in [0.3, 0.4) is 0 Å². The Labute approximate surface area is 150 Å². The number of ether oxygens (including phenoxy) is 1. The normalized spacial score (nSPS) is 18.9. The molecule has 2 aromatic heterocycles. The average Bonchev–Trinajstić information content (AvgIpc) is 3.17. The third-order valence-corrected chi connectivity index (χ3v) is 4.73. The van der Waals surface area contributed by atoms with Crippen molar-refractivity contribution in [1.82, 2.24) is 19.9 Å². The van der Waals surface area contributed by atoms with Crippen LogP contribution >= 0.6 is 0 Å². The summed E-state index contributed by atoms with van der Waals surface area (Å²) in [5.41, 5.74) is 0.813. The Hall–Kier alpha value is -3.24. The number of rotatable bonds is 4. The van der Waals surface area contributed by atoms with E-state index >= 15 is 0 Å². The van der Waals surface area contributed by atoms with Crippen molar-refractivity contribution in [1.29, 1.82) is 5.26 Å². The highest BCUT2D eigenvalue weighted by Gasteiger charge is 2.31. The van der Waals surface area contributed by atoms with Crippen LogP contribution < -0.4 is 5.32 Å². The summed E-state index contributed by atoms with van der Waals surface area (Å²) in [5.74, 6) is 0.304. The molecule has 3 aromatic rings. The molecule has 0 radical (unpaired) electrons. The van der Waals surface area contributed by atoms with E-state index in [1.54, 1.807) is 48.6 Å². The summed E-state index contributed by atoms with van der Waals surface area (Å²) >= 11 is 0. The smallest absolute Gasteiger partial charge is 0.270 e. The number of hydrogen-bond donors (Lipinski definition) is 1. The molecule has 0 aliphatic heterocycles. The van der Waals surface area contributed by atoms with Crippen LogP contribution in [-0.2, 0) is 4.74 Å². The predicted molar refractivity (Wildman–Crippen MR) is 94.9 cm³/mol. The monoisotopic (exact) mass is 347 g/mol. The molecule has 0 atom stereocenters. The zero-order valence-corrected chi connectivity index (χ0v) is 14.2. The number of amides is 1. The van der Waals surface area contributed by atoms with E-state index in [9.17, 15) is 10.1 Å². The molecule has 1 N–H and O–H groups in total. The zero-order valence-electron chi connectivity index (χ0n) is 14.2. The standard InChI is InChI=1S/C19H17N5O2/c1-26-14-7-13(8-14)22-19(25)18-15-4-2-3-12(10-20)16(15)9-17(23-18)24-6-5-21-11-24/h2-6,9,11,13-14H,7-8H2,1H3,(H,22,25). The number of methoxy groups -OCH3 is 1. The number of fused-ring (bicyclic) bond motifs is 1. The third-order valence-electron chi connectivity index (χ3n) is 4.73. The lowest BCUT2D eigenvalue weighted by Crippen LogP contribution is -2.47. The van der Waals surface area contributed by atoms with E-state index in [0.29, 0.717) is 27.8 Å². The number of nitriles is 1. The van der Waals surface area contributed by atoms with E-state index in [1.807, 2.05) is 6.07 Å². The summed E-state index contributed by atoms with van der Waals surface area (Å²) in [6.07, 6.45) is 6.80. The highest BCUT2D eigenvalue weighted by atomic mass is 16.5. The molecule has 1 aliphatic carbocycles. The first-order valence-electron chi connectivity index (χ1n) is 8.35. The first-order valence-corrected chi connectivity index (χ1v) is 8.35. The van der Waals surface area contributed by atoms with Crippen molar-refractivity contribution in [2.24, 2.45) is 0 Å². The highest BCUT2D eigenvalue weighted by Crippen LogP contribution is 2.26. The fraction of sp³-hybridized carbons (Fsp3) is 0.263. The number of imidazole rings is 1. The lowest BCUT2D eigenvalue weighted by Gasteiger charge is -2.34. The number of pyridine rings is 1. The Bertz CT molecular complexity index is 1000. The van der Waals surface area contributed by atoms with Crippen LogP contribution in [0.25, 0.3) is 16.6 Å². The molecule has 7 heteroatoms. The van der Waals surface area contributed by atoms with Crippen LogP contribution in [0.5, 0.6) is 0 Å². The van der Waals surface area contributed by atoms with Gasteiger partial charge in [-0.2, -0.15) is 5.26 Å². The molecule has 4 rings (SSSR count). The Morgan fingerprint density at radius 1 is 1.38 bits per heavy atom. The average molecular weight is 347 g/mol. The van der Waals surface area contributed by atoms with Crippen LogP contribution in [-0.4, -0.2) is 39.7 Å². The van der Waals surface area contributed by atoms with Crippen molar-refractivity contribution < 1.29 is 9.53 Å². The van der Waals surface area contributed by atoms with Gasteiger partial charge in [0.15, 0.2) is 0 Å². The van der Waals surface area contributed by atoms with Gasteiger partial charge in [-0.3, -0.25) is 9.36 Å². The second kappa shape index (κ2) is 6.58. The van der Waals surface area contributed by atoms with Gasteiger partial charge in [-0.1, -0.05) is 12.1 Å². The summed E-state index contributed by atoms with van der Waals surface area (Å²) in [7, 11) is 1.68. The molecule has 0 saturated heterocycles. The van der Waals surface area contributed by atoms with Crippen molar-refractivity contribution in [2.75, 3.05) is 7.11 Å².